The Hall–Kier alpha value is -1.59. The maximum absolute atomic E-state index is 4.41. The standard InChI is InChI=1S/C20H35N5/c1-5-25(6-2)19(18-10-8-7-9-11-18)15-23-20(21-3)22-14-17-12-13-24(4)16-17/h7-11,17,19H,5-6,12-16H2,1-4H3,(H2,21,22,23). The van der Waals surface area contributed by atoms with E-state index in [1.54, 1.807) is 0 Å². The van der Waals surface area contributed by atoms with E-state index in [1.807, 2.05) is 7.05 Å². The Kier molecular flexibility index (Phi) is 8.22. The van der Waals surface area contributed by atoms with Crippen molar-refractivity contribution in [1.82, 2.24) is 20.4 Å². The van der Waals surface area contributed by atoms with E-state index in [2.05, 4.69) is 76.7 Å². The molecule has 1 aliphatic rings. The summed E-state index contributed by atoms with van der Waals surface area (Å²) in [7, 11) is 4.05. The average molecular weight is 346 g/mol. The van der Waals surface area contributed by atoms with Gasteiger partial charge in [-0.25, -0.2) is 0 Å². The largest absolute Gasteiger partial charge is 0.356 e. The lowest BCUT2D eigenvalue weighted by Gasteiger charge is -2.31. The first-order valence-corrected chi connectivity index (χ1v) is 9.59. The number of aliphatic imine (C=N–C) groups is 1. The van der Waals surface area contributed by atoms with Gasteiger partial charge in [0.05, 0.1) is 6.04 Å². The molecule has 0 radical (unpaired) electrons. The summed E-state index contributed by atoms with van der Waals surface area (Å²) in [5, 5.41) is 7.04. The van der Waals surface area contributed by atoms with Gasteiger partial charge in [-0.3, -0.25) is 9.89 Å². The van der Waals surface area contributed by atoms with Gasteiger partial charge >= 0.3 is 0 Å². The molecular weight excluding hydrogens is 310 g/mol. The van der Waals surface area contributed by atoms with Gasteiger partial charge in [0.2, 0.25) is 0 Å². The average Bonchev–Trinajstić information content (AvgIpc) is 3.07. The number of benzene rings is 1. The summed E-state index contributed by atoms with van der Waals surface area (Å²) in [6.07, 6.45) is 1.27. The fraction of sp³-hybridized carbons (Fsp3) is 0.650. The summed E-state index contributed by atoms with van der Waals surface area (Å²) >= 11 is 0. The van der Waals surface area contributed by atoms with Crippen LogP contribution in [0.5, 0.6) is 0 Å². The number of rotatable bonds is 8. The highest BCUT2D eigenvalue weighted by Gasteiger charge is 2.20. The molecular formula is C20H35N5. The molecule has 140 valence electrons. The second-order valence-electron chi connectivity index (χ2n) is 6.90. The van der Waals surface area contributed by atoms with Gasteiger partial charge in [0.1, 0.15) is 0 Å². The molecule has 5 heteroatoms. The van der Waals surface area contributed by atoms with Crippen LogP contribution in [0.1, 0.15) is 31.9 Å². The van der Waals surface area contributed by atoms with Gasteiger partial charge in [-0.1, -0.05) is 44.2 Å². The summed E-state index contributed by atoms with van der Waals surface area (Å²) in [5.41, 5.74) is 1.35. The summed E-state index contributed by atoms with van der Waals surface area (Å²) < 4.78 is 0. The lowest BCUT2D eigenvalue weighted by atomic mass is 10.1. The maximum Gasteiger partial charge on any atom is 0.191 e. The zero-order chi connectivity index (χ0) is 18.1. The molecule has 0 amide bonds. The monoisotopic (exact) mass is 345 g/mol. The Morgan fingerprint density at radius 2 is 1.96 bits per heavy atom. The minimum atomic E-state index is 0.354. The van der Waals surface area contributed by atoms with Crippen LogP contribution in [-0.2, 0) is 0 Å². The topological polar surface area (TPSA) is 42.9 Å². The third-order valence-electron chi connectivity index (χ3n) is 5.17. The number of likely N-dealkylation sites (tertiary alicyclic amines) is 1. The molecule has 0 aromatic heterocycles. The van der Waals surface area contributed by atoms with Crippen LogP contribution in [0.15, 0.2) is 35.3 Å². The Labute approximate surface area is 153 Å². The minimum Gasteiger partial charge on any atom is -0.356 e. The van der Waals surface area contributed by atoms with E-state index in [0.717, 1.165) is 38.1 Å². The normalized spacial score (nSPS) is 20.0. The summed E-state index contributed by atoms with van der Waals surface area (Å²) in [6, 6.07) is 11.1. The van der Waals surface area contributed by atoms with E-state index in [9.17, 15) is 0 Å². The molecule has 5 nitrogen and oxygen atoms in total. The van der Waals surface area contributed by atoms with Gasteiger partial charge in [0.15, 0.2) is 5.96 Å². The molecule has 2 unspecified atom stereocenters. The number of nitrogens with one attached hydrogen (secondary N) is 2. The molecule has 2 atom stereocenters. The second-order valence-corrected chi connectivity index (χ2v) is 6.90. The zero-order valence-corrected chi connectivity index (χ0v) is 16.3. The lowest BCUT2D eigenvalue weighted by Crippen LogP contribution is -2.44. The van der Waals surface area contributed by atoms with Crippen molar-refractivity contribution in [3.63, 3.8) is 0 Å². The predicted molar refractivity (Wildman–Crippen MR) is 107 cm³/mol. The second kappa shape index (κ2) is 10.4. The van der Waals surface area contributed by atoms with Crippen LogP contribution in [0.25, 0.3) is 0 Å². The molecule has 25 heavy (non-hydrogen) atoms. The molecule has 0 saturated carbocycles. The zero-order valence-electron chi connectivity index (χ0n) is 16.3. The van der Waals surface area contributed by atoms with Crippen molar-refractivity contribution in [2.24, 2.45) is 10.9 Å². The van der Waals surface area contributed by atoms with Crippen LogP contribution in [0.4, 0.5) is 0 Å². The number of hydrogen-bond donors (Lipinski definition) is 2. The smallest absolute Gasteiger partial charge is 0.191 e. The number of hydrogen-bond acceptors (Lipinski definition) is 3. The number of guanidine groups is 1. The Morgan fingerprint density at radius 3 is 2.52 bits per heavy atom. The van der Waals surface area contributed by atoms with E-state index >= 15 is 0 Å². The van der Waals surface area contributed by atoms with E-state index < -0.39 is 0 Å². The van der Waals surface area contributed by atoms with E-state index in [0.29, 0.717) is 6.04 Å². The van der Waals surface area contributed by atoms with Crippen LogP contribution in [0.2, 0.25) is 0 Å². The fourth-order valence-corrected chi connectivity index (χ4v) is 3.65. The van der Waals surface area contributed by atoms with Crippen molar-refractivity contribution >= 4 is 5.96 Å². The quantitative estimate of drug-likeness (QED) is 0.560. The third-order valence-corrected chi connectivity index (χ3v) is 5.17. The van der Waals surface area contributed by atoms with Gasteiger partial charge in [-0.2, -0.15) is 0 Å². The van der Waals surface area contributed by atoms with Gasteiger partial charge in [-0.05, 0) is 44.6 Å². The minimum absolute atomic E-state index is 0.354. The van der Waals surface area contributed by atoms with E-state index in [1.165, 1.54) is 25.1 Å². The van der Waals surface area contributed by atoms with Crippen LogP contribution in [-0.4, -0.2) is 69.1 Å². The Balaban J connectivity index is 1.91. The molecule has 0 aliphatic carbocycles. The van der Waals surface area contributed by atoms with E-state index in [-0.39, 0.29) is 0 Å². The van der Waals surface area contributed by atoms with Crippen molar-refractivity contribution in [3.05, 3.63) is 35.9 Å². The van der Waals surface area contributed by atoms with Crippen LogP contribution >= 0.6 is 0 Å². The Bertz CT molecular complexity index is 512. The molecule has 2 N–H and O–H groups in total. The van der Waals surface area contributed by atoms with Gasteiger partial charge in [-0.15, -0.1) is 0 Å². The molecule has 0 spiro atoms. The summed E-state index contributed by atoms with van der Waals surface area (Å²) in [4.78, 5) is 9.29. The SMILES string of the molecule is CCN(CC)C(CNC(=NC)NCC1CCN(C)C1)c1ccccc1. The third kappa shape index (κ3) is 6.01. The van der Waals surface area contributed by atoms with Crippen molar-refractivity contribution in [1.29, 1.82) is 0 Å². The molecule has 1 aliphatic heterocycles. The molecule has 0 bridgehead atoms. The summed E-state index contributed by atoms with van der Waals surface area (Å²) in [6.45, 7) is 10.8. The van der Waals surface area contributed by atoms with Gasteiger partial charge in [0, 0.05) is 26.7 Å². The summed E-state index contributed by atoms with van der Waals surface area (Å²) in [5.74, 6) is 1.62. The van der Waals surface area contributed by atoms with Gasteiger partial charge < -0.3 is 15.5 Å². The molecule has 1 saturated heterocycles. The number of nitrogens with zero attached hydrogens (tertiary/aromatic N) is 3. The lowest BCUT2D eigenvalue weighted by molar-refractivity contribution is 0.219. The van der Waals surface area contributed by atoms with E-state index in [4.69, 9.17) is 0 Å². The highest BCUT2D eigenvalue weighted by Crippen LogP contribution is 2.19. The first-order chi connectivity index (χ1) is 12.2. The van der Waals surface area contributed by atoms with Crippen molar-refractivity contribution < 1.29 is 0 Å². The molecule has 1 aromatic rings. The van der Waals surface area contributed by atoms with Crippen molar-refractivity contribution in [2.45, 2.75) is 26.3 Å². The predicted octanol–water partition coefficient (Wildman–Crippen LogP) is 2.19. The molecule has 1 fully saturated rings. The first-order valence-electron chi connectivity index (χ1n) is 9.59. The van der Waals surface area contributed by atoms with Crippen molar-refractivity contribution in [2.75, 3.05) is 53.4 Å². The highest BCUT2D eigenvalue weighted by molar-refractivity contribution is 5.79. The number of likely N-dealkylation sites (N-methyl/N-ethyl adjacent to an activating group) is 1. The highest BCUT2D eigenvalue weighted by atomic mass is 15.2. The van der Waals surface area contributed by atoms with Crippen LogP contribution in [0.3, 0.4) is 0 Å². The molecule has 1 heterocycles. The van der Waals surface area contributed by atoms with Crippen molar-refractivity contribution in [3.8, 4) is 0 Å². The molecule has 2 rings (SSSR count). The Morgan fingerprint density at radius 1 is 1.24 bits per heavy atom. The first kappa shape index (κ1) is 19.7. The van der Waals surface area contributed by atoms with Gasteiger partial charge in [0.25, 0.3) is 0 Å². The maximum atomic E-state index is 4.41. The van der Waals surface area contributed by atoms with Crippen LogP contribution in [0, 0.1) is 5.92 Å². The molecule has 1 aromatic carbocycles. The fourth-order valence-electron chi connectivity index (χ4n) is 3.65. The van der Waals surface area contributed by atoms with Crippen LogP contribution < -0.4 is 10.6 Å².